The number of nitrogens with one attached hydrogen (secondary N) is 1. The molecule has 0 radical (unpaired) electrons. The normalized spacial score (nSPS) is 23.6. The van der Waals surface area contributed by atoms with Crippen LogP contribution in [0.25, 0.3) is 0 Å². The molecular weight excluding hydrogens is 384 g/mol. The molecule has 29 heavy (non-hydrogen) atoms. The summed E-state index contributed by atoms with van der Waals surface area (Å²) in [6.07, 6.45) is 0.634. The van der Waals surface area contributed by atoms with Crippen LogP contribution < -0.4 is 5.32 Å². The highest BCUT2D eigenvalue weighted by atomic mass is 16.5. The fraction of sp³-hybridized carbons (Fsp3) is 0.667. The third kappa shape index (κ3) is 6.24. The molecule has 1 aliphatic heterocycles. The maximum Gasteiger partial charge on any atom is 0.370 e. The van der Waals surface area contributed by atoms with Crippen LogP contribution in [0.3, 0.4) is 0 Å². The van der Waals surface area contributed by atoms with Gasteiger partial charge in [-0.1, -0.05) is 25.0 Å². The standard InChI is InChI=1S/C18H28N4O7/c1-3-4-5-6-11-8-22(21-20-11)9-13(25)16(26)17-15(19-10(2)23)12(24)7-14(29-17)18(27)28/h7-8,12-13,15-17,24-26H,3-6,9H2,1-2H3,(H,19,23)(H,27,28)/t12-,13+,15+,16+,17+/m0/s1. The lowest BCUT2D eigenvalue weighted by atomic mass is 9.93. The number of hydrogen-bond donors (Lipinski definition) is 5. The largest absolute Gasteiger partial charge is 0.478 e. The quantitative estimate of drug-likeness (QED) is 0.302. The summed E-state index contributed by atoms with van der Waals surface area (Å²) in [6.45, 7) is 3.17. The SMILES string of the molecule is CCCCCc1cn(C[C@@H](O)[C@@H](O)[C@@H]2OC(C(=O)O)=C[C@H](O)[C@H]2NC(C)=O)nn1. The van der Waals surface area contributed by atoms with Gasteiger partial charge in [0, 0.05) is 13.1 Å². The summed E-state index contributed by atoms with van der Waals surface area (Å²) in [5.74, 6) is -2.52. The van der Waals surface area contributed by atoms with Crippen molar-refractivity contribution in [1.82, 2.24) is 20.3 Å². The average molecular weight is 412 g/mol. The Labute approximate surface area is 168 Å². The molecule has 0 aromatic carbocycles. The molecule has 2 heterocycles. The Morgan fingerprint density at radius 2 is 2.07 bits per heavy atom. The van der Waals surface area contributed by atoms with Gasteiger partial charge >= 0.3 is 5.97 Å². The zero-order valence-electron chi connectivity index (χ0n) is 16.4. The highest BCUT2D eigenvalue weighted by molar-refractivity contribution is 5.84. The first kappa shape index (κ1) is 22.8. The molecule has 162 valence electrons. The fourth-order valence-corrected chi connectivity index (χ4v) is 3.14. The zero-order chi connectivity index (χ0) is 21.6. The van der Waals surface area contributed by atoms with Crippen LogP contribution in [0.1, 0.15) is 38.8 Å². The van der Waals surface area contributed by atoms with Crippen LogP contribution >= 0.6 is 0 Å². The Kier molecular flexibility index (Phi) is 8.11. The number of carbonyl (C=O) groups is 2. The van der Waals surface area contributed by atoms with Crippen molar-refractivity contribution >= 4 is 11.9 Å². The van der Waals surface area contributed by atoms with Gasteiger partial charge in [0.2, 0.25) is 11.7 Å². The number of carboxylic acids is 1. The van der Waals surface area contributed by atoms with Crippen molar-refractivity contribution in [2.24, 2.45) is 0 Å². The number of amides is 1. The van der Waals surface area contributed by atoms with E-state index in [0.717, 1.165) is 37.5 Å². The molecule has 2 rings (SSSR count). The van der Waals surface area contributed by atoms with E-state index in [1.165, 1.54) is 11.6 Å². The zero-order valence-corrected chi connectivity index (χ0v) is 16.4. The minimum atomic E-state index is -1.61. The van der Waals surface area contributed by atoms with Gasteiger partial charge in [0.1, 0.15) is 18.3 Å². The van der Waals surface area contributed by atoms with Crippen LogP contribution in [0.15, 0.2) is 18.0 Å². The van der Waals surface area contributed by atoms with Crippen LogP contribution in [0, 0.1) is 0 Å². The summed E-state index contributed by atoms with van der Waals surface area (Å²) >= 11 is 0. The van der Waals surface area contributed by atoms with E-state index in [4.69, 9.17) is 9.84 Å². The molecule has 0 spiro atoms. The number of aliphatic hydroxyl groups is 3. The fourth-order valence-electron chi connectivity index (χ4n) is 3.14. The lowest BCUT2D eigenvalue weighted by Crippen LogP contribution is -2.59. The summed E-state index contributed by atoms with van der Waals surface area (Å²) in [4.78, 5) is 22.6. The summed E-state index contributed by atoms with van der Waals surface area (Å²) in [6, 6.07) is -1.14. The molecule has 1 aromatic heterocycles. The number of aryl methyl sites for hydroxylation is 1. The Morgan fingerprint density at radius 1 is 1.34 bits per heavy atom. The van der Waals surface area contributed by atoms with Crippen molar-refractivity contribution in [3.63, 3.8) is 0 Å². The molecule has 0 bridgehead atoms. The average Bonchev–Trinajstić information content (AvgIpc) is 3.09. The number of rotatable bonds is 10. The van der Waals surface area contributed by atoms with E-state index in [1.807, 2.05) is 0 Å². The van der Waals surface area contributed by atoms with Crippen LogP contribution in [-0.2, 0) is 27.3 Å². The van der Waals surface area contributed by atoms with E-state index >= 15 is 0 Å². The lowest BCUT2D eigenvalue weighted by Gasteiger charge is -2.38. The predicted molar refractivity (Wildman–Crippen MR) is 99.5 cm³/mol. The van der Waals surface area contributed by atoms with Gasteiger partial charge < -0.3 is 30.5 Å². The minimum absolute atomic E-state index is 0.128. The minimum Gasteiger partial charge on any atom is -0.478 e. The number of hydrogen-bond acceptors (Lipinski definition) is 8. The van der Waals surface area contributed by atoms with E-state index in [0.29, 0.717) is 0 Å². The topological polar surface area (TPSA) is 167 Å². The number of unbranched alkanes of at least 4 members (excludes halogenated alkanes) is 2. The molecular formula is C18H28N4O7. The molecule has 0 saturated carbocycles. The summed E-state index contributed by atoms with van der Waals surface area (Å²) in [7, 11) is 0. The maximum atomic E-state index is 11.4. The molecule has 0 unspecified atom stereocenters. The van der Waals surface area contributed by atoms with E-state index < -0.39 is 48.1 Å². The number of aliphatic carboxylic acids is 1. The summed E-state index contributed by atoms with van der Waals surface area (Å²) < 4.78 is 6.63. The molecule has 1 amide bonds. The number of aliphatic hydroxyl groups excluding tert-OH is 3. The third-order valence-electron chi connectivity index (χ3n) is 4.62. The second kappa shape index (κ2) is 10.3. The second-order valence-electron chi connectivity index (χ2n) is 7.08. The van der Waals surface area contributed by atoms with Gasteiger partial charge in [-0.05, 0) is 18.9 Å². The molecule has 11 nitrogen and oxygen atoms in total. The van der Waals surface area contributed by atoms with Crippen molar-refractivity contribution in [3.05, 3.63) is 23.7 Å². The predicted octanol–water partition coefficient (Wildman–Crippen LogP) is -1.03. The van der Waals surface area contributed by atoms with Gasteiger partial charge in [0.15, 0.2) is 6.10 Å². The molecule has 0 fully saturated rings. The van der Waals surface area contributed by atoms with Crippen molar-refractivity contribution in [2.45, 2.75) is 76.5 Å². The van der Waals surface area contributed by atoms with Crippen LogP contribution in [0.4, 0.5) is 0 Å². The summed E-state index contributed by atoms with van der Waals surface area (Å²) in [5.41, 5.74) is 0.761. The lowest BCUT2D eigenvalue weighted by molar-refractivity contribution is -0.148. The third-order valence-corrected chi connectivity index (χ3v) is 4.62. The highest BCUT2D eigenvalue weighted by Gasteiger charge is 2.43. The van der Waals surface area contributed by atoms with Gasteiger partial charge in [-0.2, -0.15) is 0 Å². The highest BCUT2D eigenvalue weighted by Crippen LogP contribution is 2.23. The second-order valence-corrected chi connectivity index (χ2v) is 7.08. The van der Waals surface area contributed by atoms with Crippen LogP contribution in [0.5, 0.6) is 0 Å². The maximum absolute atomic E-state index is 11.4. The van der Waals surface area contributed by atoms with E-state index in [9.17, 15) is 24.9 Å². The molecule has 1 aromatic rings. The van der Waals surface area contributed by atoms with Crippen molar-refractivity contribution in [2.75, 3.05) is 0 Å². The van der Waals surface area contributed by atoms with Crippen molar-refractivity contribution in [1.29, 1.82) is 0 Å². The van der Waals surface area contributed by atoms with Gasteiger partial charge in [-0.25, -0.2) is 9.48 Å². The van der Waals surface area contributed by atoms with E-state index in [2.05, 4.69) is 22.6 Å². The van der Waals surface area contributed by atoms with Crippen LogP contribution in [0.2, 0.25) is 0 Å². The number of nitrogens with zero attached hydrogens (tertiary/aromatic N) is 3. The Morgan fingerprint density at radius 3 is 2.69 bits per heavy atom. The molecule has 1 aliphatic rings. The number of aromatic nitrogens is 3. The smallest absolute Gasteiger partial charge is 0.370 e. The summed E-state index contributed by atoms with van der Waals surface area (Å²) in [5, 5.41) is 50.7. The molecule has 5 atom stereocenters. The molecule has 0 aliphatic carbocycles. The molecule has 0 saturated heterocycles. The number of carbonyl (C=O) groups excluding carboxylic acids is 1. The molecule has 11 heteroatoms. The Hall–Kier alpha value is -2.50. The monoisotopic (exact) mass is 412 g/mol. The van der Waals surface area contributed by atoms with E-state index in [-0.39, 0.29) is 6.54 Å². The Bertz CT molecular complexity index is 736. The number of ether oxygens (including phenoxy) is 1. The van der Waals surface area contributed by atoms with Crippen LogP contribution in [-0.4, -0.2) is 77.8 Å². The molecule has 5 N–H and O–H groups in total. The number of carboxylic acid groups (broad SMARTS) is 1. The first-order chi connectivity index (χ1) is 13.7. The van der Waals surface area contributed by atoms with Gasteiger partial charge in [-0.15, -0.1) is 5.10 Å². The van der Waals surface area contributed by atoms with Crippen molar-refractivity contribution < 1.29 is 34.8 Å². The first-order valence-corrected chi connectivity index (χ1v) is 9.55. The van der Waals surface area contributed by atoms with Crippen molar-refractivity contribution in [3.8, 4) is 0 Å². The van der Waals surface area contributed by atoms with Gasteiger partial charge in [0.25, 0.3) is 0 Å². The van der Waals surface area contributed by atoms with E-state index in [1.54, 1.807) is 6.20 Å². The first-order valence-electron chi connectivity index (χ1n) is 9.55. The van der Waals surface area contributed by atoms with Gasteiger partial charge in [-0.3, -0.25) is 4.79 Å². The van der Waals surface area contributed by atoms with Gasteiger partial charge in [0.05, 0.1) is 18.3 Å². The Balaban J connectivity index is 2.08.